The van der Waals surface area contributed by atoms with Crippen LogP contribution in [0.5, 0.6) is 0 Å². The summed E-state index contributed by atoms with van der Waals surface area (Å²) in [7, 11) is 0. The summed E-state index contributed by atoms with van der Waals surface area (Å²) in [6.07, 6.45) is 2.30. The third kappa shape index (κ3) is 6.19. The Hall–Kier alpha value is -2.12. The molecule has 0 aliphatic carbocycles. The Labute approximate surface area is 180 Å². The molecule has 0 aromatic heterocycles. The lowest BCUT2D eigenvalue weighted by atomic mass is 9.98. The average molecular weight is 417 g/mol. The number of benzene rings is 1. The van der Waals surface area contributed by atoms with Gasteiger partial charge in [0.2, 0.25) is 0 Å². The average Bonchev–Trinajstić information content (AvgIpc) is 2.77. The molecule has 2 heterocycles. The second-order valence-corrected chi connectivity index (χ2v) is 8.14. The standard InChI is InChI=1S/C23H36N4O3/c1-3-24-23(27-12-7-10-20(16-27)22(29)30-4-2)25-14-21(28)17-26-13-11-18-8-5-6-9-19(18)15-26/h5-6,8-9,20-21,28H,3-4,7,10-17H2,1-2H3,(H,24,25). The summed E-state index contributed by atoms with van der Waals surface area (Å²) in [6, 6.07) is 8.53. The molecule has 2 N–H and O–H groups in total. The van der Waals surface area contributed by atoms with Crippen LogP contribution in [-0.4, -0.2) is 78.8 Å². The molecule has 2 aliphatic rings. The molecule has 3 rings (SSSR count). The third-order valence-electron chi connectivity index (χ3n) is 5.81. The van der Waals surface area contributed by atoms with Crippen LogP contribution in [0.15, 0.2) is 29.3 Å². The van der Waals surface area contributed by atoms with Crippen LogP contribution in [0.25, 0.3) is 0 Å². The monoisotopic (exact) mass is 416 g/mol. The highest BCUT2D eigenvalue weighted by Gasteiger charge is 2.28. The second-order valence-electron chi connectivity index (χ2n) is 8.14. The Balaban J connectivity index is 1.54. The first-order valence-electron chi connectivity index (χ1n) is 11.3. The van der Waals surface area contributed by atoms with Gasteiger partial charge in [-0.2, -0.15) is 0 Å². The summed E-state index contributed by atoms with van der Waals surface area (Å²) in [6.45, 7) is 9.31. The van der Waals surface area contributed by atoms with Gasteiger partial charge in [-0.3, -0.25) is 14.7 Å². The normalized spacial score (nSPS) is 21.1. The number of piperidine rings is 1. The lowest BCUT2D eigenvalue weighted by Crippen LogP contribution is -2.48. The number of rotatable bonds is 7. The van der Waals surface area contributed by atoms with Gasteiger partial charge in [0.05, 0.1) is 25.2 Å². The van der Waals surface area contributed by atoms with Crippen LogP contribution >= 0.6 is 0 Å². The van der Waals surface area contributed by atoms with Crippen LogP contribution in [0, 0.1) is 5.92 Å². The van der Waals surface area contributed by atoms with Gasteiger partial charge in [-0.25, -0.2) is 0 Å². The number of nitrogens with zero attached hydrogens (tertiary/aromatic N) is 3. The fourth-order valence-corrected chi connectivity index (χ4v) is 4.31. The number of aliphatic hydroxyl groups excluding tert-OH is 1. The van der Waals surface area contributed by atoms with Crippen molar-refractivity contribution in [2.75, 3.05) is 45.9 Å². The summed E-state index contributed by atoms with van der Waals surface area (Å²) in [4.78, 5) is 21.3. The molecule has 0 spiro atoms. The van der Waals surface area contributed by atoms with Gasteiger partial charge in [0, 0.05) is 39.3 Å². The van der Waals surface area contributed by atoms with Crippen molar-refractivity contribution in [2.24, 2.45) is 10.9 Å². The first-order valence-corrected chi connectivity index (χ1v) is 11.3. The molecule has 0 bridgehead atoms. The minimum absolute atomic E-state index is 0.110. The van der Waals surface area contributed by atoms with Crippen LogP contribution in [-0.2, 0) is 22.5 Å². The van der Waals surface area contributed by atoms with Crippen molar-refractivity contribution in [2.45, 2.75) is 45.8 Å². The van der Waals surface area contributed by atoms with Gasteiger partial charge in [-0.05, 0) is 44.2 Å². The Morgan fingerprint density at radius 2 is 2.10 bits per heavy atom. The number of fused-ring (bicyclic) bond motifs is 1. The Morgan fingerprint density at radius 1 is 1.30 bits per heavy atom. The molecule has 30 heavy (non-hydrogen) atoms. The van der Waals surface area contributed by atoms with E-state index in [1.807, 2.05) is 13.8 Å². The molecule has 0 radical (unpaired) electrons. The quantitative estimate of drug-likeness (QED) is 0.400. The van der Waals surface area contributed by atoms with Crippen LogP contribution < -0.4 is 5.32 Å². The minimum Gasteiger partial charge on any atom is -0.466 e. The predicted octanol–water partition coefficient (Wildman–Crippen LogP) is 1.65. The van der Waals surface area contributed by atoms with Crippen LogP contribution in [0.4, 0.5) is 0 Å². The predicted molar refractivity (Wildman–Crippen MR) is 118 cm³/mol. The number of hydrogen-bond acceptors (Lipinski definition) is 5. The van der Waals surface area contributed by atoms with Crippen LogP contribution in [0.2, 0.25) is 0 Å². The first kappa shape index (κ1) is 22.6. The summed E-state index contributed by atoms with van der Waals surface area (Å²) < 4.78 is 5.21. The SMILES string of the molecule is CCNC(=NCC(O)CN1CCc2ccccc2C1)N1CCCC(C(=O)OCC)C1. The second kappa shape index (κ2) is 11.3. The molecule has 7 heteroatoms. The maximum absolute atomic E-state index is 12.1. The lowest BCUT2D eigenvalue weighted by Gasteiger charge is -2.34. The molecule has 7 nitrogen and oxygen atoms in total. The number of carbonyl (C=O) groups is 1. The summed E-state index contributed by atoms with van der Waals surface area (Å²) >= 11 is 0. The number of aliphatic imine (C=N–C) groups is 1. The van der Waals surface area contributed by atoms with E-state index in [1.165, 1.54) is 11.1 Å². The highest BCUT2D eigenvalue weighted by atomic mass is 16.5. The van der Waals surface area contributed by atoms with Crippen molar-refractivity contribution in [1.29, 1.82) is 0 Å². The zero-order valence-electron chi connectivity index (χ0n) is 18.3. The van der Waals surface area contributed by atoms with E-state index in [-0.39, 0.29) is 11.9 Å². The van der Waals surface area contributed by atoms with E-state index in [0.717, 1.165) is 51.4 Å². The molecule has 0 amide bonds. The van der Waals surface area contributed by atoms with E-state index in [2.05, 4.69) is 44.4 Å². The van der Waals surface area contributed by atoms with Gasteiger partial charge >= 0.3 is 5.97 Å². The number of nitrogens with one attached hydrogen (secondary N) is 1. The van der Waals surface area contributed by atoms with Crippen molar-refractivity contribution >= 4 is 11.9 Å². The van der Waals surface area contributed by atoms with E-state index >= 15 is 0 Å². The van der Waals surface area contributed by atoms with Gasteiger partial charge < -0.3 is 20.1 Å². The Kier molecular flexibility index (Phi) is 8.51. The molecular formula is C23H36N4O3. The number of ether oxygens (including phenoxy) is 1. The number of aliphatic hydroxyl groups is 1. The smallest absolute Gasteiger partial charge is 0.310 e. The molecule has 2 atom stereocenters. The molecule has 1 fully saturated rings. The van der Waals surface area contributed by atoms with Gasteiger partial charge in [0.15, 0.2) is 5.96 Å². The van der Waals surface area contributed by atoms with Gasteiger partial charge in [-0.15, -0.1) is 0 Å². The summed E-state index contributed by atoms with van der Waals surface area (Å²) in [5.74, 6) is 0.541. The summed E-state index contributed by atoms with van der Waals surface area (Å²) in [5.41, 5.74) is 2.77. The van der Waals surface area contributed by atoms with E-state index in [4.69, 9.17) is 4.74 Å². The highest BCUT2D eigenvalue weighted by molar-refractivity contribution is 5.81. The fraction of sp³-hybridized carbons (Fsp3) is 0.652. The topological polar surface area (TPSA) is 77.4 Å². The van der Waals surface area contributed by atoms with Gasteiger partial charge in [-0.1, -0.05) is 24.3 Å². The van der Waals surface area contributed by atoms with Crippen molar-refractivity contribution < 1.29 is 14.6 Å². The van der Waals surface area contributed by atoms with Crippen molar-refractivity contribution in [3.8, 4) is 0 Å². The van der Waals surface area contributed by atoms with E-state index < -0.39 is 6.10 Å². The minimum atomic E-state index is -0.519. The molecule has 1 aromatic rings. The van der Waals surface area contributed by atoms with Crippen molar-refractivity contribution in [1.82, 2.24) is 15.1 Å². The number of guanidine groups is 1. The molecule has 2 unspecified atom stereocenters. The van der Waals surface area contributed by atoms with E-state index in [9.17, 15) is 9.90 Å². The van der Waals surface area contributed by atoms with Crippen molar-refractivity contribution in [3.63, 3.8) is 0 Å². The van der Waals surface area contributed by atoms with E-state index in [1.54, 1.807) is 0 Å². The van der Waals surface area contributed by atoms with E-state index in [0.29, 0.717) is 26.2 Å². The maximum atomic E-state index is 12.1. The number of carbonyl (C=O) groups excluding carboxylic acids is 1. The number of hydrogen-bond donors (Lipinski definition) is 2. The van der Waals surface area contributed by atoms with Gasteiger partial charge in [0.25, 0.3) is 0 Å². The Morgan fingerprint density at radius 3 is 2.87 bits per heavy atom. The molecule has 1 aromatic carbocycles. The third-order valence-corrected chi connectivity index (χ3v) is 5.81. The Bertz CT molecular complexity index is 724. The lowest BCUT2D eigenvalue weighted by molar-refractivity contribution is -0.149. The molecule has 2 aliphatic heterocycles. The molecule has 1 saturated heterocycles. The summed E-state index contributed by atoms with van der Waals surface area (Å²) in [5, 5.41) is 13.9. The number of esters is 1. The van der Waals surface area contributed by atoms with Crippen molar-refractivity contribution in [3.05, 3.63) is 35.4 Å². The fourth-order valence-electron chi connectivity index (χ4n) is 4.31. The van der Waals surface area contributed by atoms with Gasteiger partial charge in [0.1, 0.15) is 0 Å². The molecule has 0 saturated carbocycles. The molecule has 166 valence electrons. The zero-order chi connectivity index (χ0) is 21.3. The largest absolute Gasteiger partial charge is 0.466 e. The number of likely N-dealkylation sites (tertiary alicyclic amines) is 1. The van der Waals surface area contributed by atoms with Crippen LogP contribution in [0.1, 0.15) is 37.8 Å². The molecular weight excluding hydrogens is 380 g/mol. The first-order chi connectivity index (χ1) is 14.6. The number of β-amino-alcohol motifs (C(OH)–C–C–N with tert-alkyl or cyclic N) is 1. The highest BCUT2D eigenvalue weighted by Crippen LogP contribution is 2.19. The van der Waals surface area contributed by atoms with Crippen LogP contribution in [0.3, 0.4) is 0 Å². The zero-order valence-corrected chi connectivity index (χ0v) is 18.3. The maximum Gasteiger partial charge on any atom is 0.310 e.